The van der Waals surface area contributed by atoms with Gasteiger partial charge in [-0.1, -0.05) is 34.6 Å². The molecule has 2 amide bonds. The summed E-state index contributed by atoms with van der Waals surface area (Å²) >= 11 is 0. The van der Waals surface area contributed by atoms with Gasteiger partial charge >= 0.3 is 6.03 Å². The van der Waals surface area contributed by atoms with Crippen molar-refractivity contribution >= 4 is 11.7 Å². The van der Waals surface area contributed by atoms with Crippen molar-refractivity contribution in [3.05, 3.63) is 18.2 Å². The molecule has 1 aromatic rings. The van der Waals surface area contributed by atoms with Gasteiger partial charge in [-0.3, -0.25) is 0 Å². The molecule has 1 rings (SSSR count). The number of hydrogen-bond acceptors (Lipinski definition) is 4. The number of aliphatic hydroxyl groups excluding tert-OH is 1. The average molecular weight is 308 g/mol. The summed E-state index contributed by atoms with van der Waals surface area (Å²) in [6.45, 7) is 12.3. The van der Waals surface area contributed by atoms with E-state index in [-0.39, 0.29) is 16.9 Å². The molecule has 0 saturated carbocycles. The summed E-state index contributed by atoms with van der Waals surface area (Å²) < 4.78 is 0. The van der Waals surface area contributed by atoms with Crippen molar-refractivity contribution in [1.82, 2.24) is 15.3 Å². The molecule has 0 aliphatic carbocycles. The molecule has 0 radical (unpaired) electrons. The number of rotatable bonds is 5. The lowest BCUT2D eigenvalue weighted by molar-refractivity contribution is 0.129. The zero-order chi connectivity index (χ0) is 17.0. The molecule has 6 heteroatoms. The van der Waals surface area contributed by atoms with Crippen molar-refractivity contribution < 1.29 is 9.90 Å². The number of nitrogens with zero attached hydrogens (tertiary/aromatic N) is 2. The van der Waals surface area contributed by atoms with E-state index in [9.17, 15) is 9.90 Å². The van der Waals surface area contributed by atoms with E-state index in [1.165, 1.54) is 0 Å². The second-order valence-electron chi connectivity index (χ2n) is 7.57. The first-order chi connectivity index (χ1) is 9.99. The largest absolute Gasteiger partial charge is 0.393 e. The molecule has 1 heterocycles. The van der Waals surface area contributed by atoms with Gasteiger partial charge in [-0.15, -0.1) is 0 Å². The zero-order valence-electron chi connectivity index (χ0n) is 14.4. The predicted molar refractivity (Wildman–Crippen MR) is 87.8 cm³/mol. The van der Waals surface area contributed by atoms with Crippen LogP contribution in [0.25, 0.3) is 0 Å². The molecule has 0 unspecified atom stereocenters. The first-order valence-electron chi connectivity index (χ1n) is 7.55. The minimum absolute atomic E-state index is 0.119. The van der Waals surface area contributed by atoms with E-state index in [1.54, 1.807) is 19.3 Å². The van der Waals surface area contributed by atoms with Gasteiger partial charge in [-0.2, -0.15) is 0 Å². The van der Waals surface area contributed by atoms with Crippen LogP contribution in [0.2, 0.25) is 0 Å². The second-order valence-corrected chi connectivity index (χ2v) is 7.57. The van der Waals surface area contributed by atoms with Gasteiger partial charge in [-0.05, 0) is 18.8 Å². The first-order valence-corrected chi connectivity index (χ1v) is 7.55. The number of carbonyl (C=O) groups is 1. The monoisotopic (exact) mass is 308 g/mol. The SMILES string of the molecule is C[C@@H](O)CC(C)(C)CNC(=O)Nc1cnc(C(C)(C)C)nc1. The summed E-state index contributed by atoms with van der Waals surface area (Å²) in [4.78, 5) is 20.4. The van der Waals surface area contributed by atoms with Gasteiger partial charge < -0.3 is 15.7 Å². The minimum atomic E-state index is -0.391. The van der Waals surface area contributed by atoms with Gasteiger partial charge in [0, 0.05) is 12.0 Å². The van der Waals surface area contributed by atoms with Crippen molar-refractivity contribution in [3.8, 4) is 0 Å². The Bertz CT molecular complexity index is 490. The van der Waals surface area contributed by atoms with E-state index in [0.29, 0.717) is 18.7 Å². The molecular formula is C16H28N4O2. The highest BCUT2D eigenvalue weighted by Crippen LogP contribution is 2.21. The number of hydrogen-bond donors (Lipinski definition) is 3. The Kier molecular flexibility index (Phi) is 5.88. The quantitative estimate of drug-likeness (QED) is 0.780. The Morgan fingerprint density at radius 3 is 2.23 bits per heavy atom. The van der Waals surface area contributed by atoms with Crippen LogP contribution in [0, 0.1) is 5.41 Å². The number of anilines is 1. The summed E-state index contributed by atoms with van der Waals surface area (Å²) in [5, 5.41) is 14.9. The van der Waals surface area contributed by atoms with Gasteiger partial charge in [-0.25, -0.2) is 14.8 Å². The molecule has 0 fully saturated rings. The molecule has 6 nitrogen and oxygen atoms in total. The molecular weight excluding hydrogens is 280 g/mol. The number of aromatic nitrogens is 2. The summed E-state index contributed by atoms with van der Waals surface area (Å²) in [7, 11) is 0. The molecule has 0 aromatic carbocycles. The Morgan fingerprint density at radius 1 is 1.23 bits per heavy atom. The van der Waals surface area contributed by atoms with Crippen LogP contribution < -0.4 is 10.6 Å². The van der Waals surface area contributed by atoms with Crippen molar-refractivity contribution in [2.45, 2.75) is 59.5 Å². The van der Waals surface area contributed by atoms with Gasteiger partial charge in [0.25, 0.3) is 0 Å². The summed E-state index contributed by atoms with van der Waals surface area (Å²) in [6.07, 6.45) is 3.44. The molecule has 0 bridgehead atoms. The average Bonchev–Trinajstić information content (AvgIpc) is 2.34. The van der Waals surface area contributed by atoms with Gasteiger partial charge in [0.15, 0.2) is 0 Å². The van der Waals surface area contributed by atoms with E-state index >= 15 is 0 Å². The molecule has 0 spiro atoms. The number of aliphatic hydroxyl groups is 1. The molecule has 1 atom stereocenters. The fourth-order valence-electron chi connectivity index (χ4n) is 2.15. The highest BCUT2D eigenvalue weighted by molar-refractivity contribution is 5.88. The number of nitrogens with one attached hydrogen (secondary N) is 2. The van der Waals surface area contributed by atoms with Crippen molar-refractivity contribution in [1.29, 1.82) is 0 Å². The van der Waals surface area contributed by atoms with E-state index in [2.05, 4.69) is 20.6 Å². The van der Waals surface area contributed by atoms with Crippen molar-refractivity contribution in [3.63, 3.8) is 0 Å². The molecule has 0 aliphatic rings. The van der Waals surface area contributed by atoms with Crippen LogP contribution in [-0.2, 0) is 5.41 Å². The topological polar surface area (TPSA) is 87.1 Å². The number of amides is 2. The second kappa shape index (κ2) is 7.05. The van der Waals surface area contributed by atoms with E-state index in [1.807, 2.05) is 34.6 Å². The predicted octanol–water partition coefficient (Wildman–Crippen LogP) is 2.69. The third-order valence-corrected chi connectivity index (χ3v) is 3.16. The van der Waals surface area contributed by atoms with Gasteiger partial charge in [0.05, 0.1) is 24.2 Å². The number of urea groups is 1. The summed E-state index contributed by atoms with van der Waals surface area (Å²) in [6, 6.07) is -0.300. The molecule has 1 aromatic heterocycles. The third-order valence-electron chi connectivity index (χ3n) is 3.16. The maximum atomic E-state index is 11.9. The Balaban J connectivity index is 2.52. The van der Waals surface area contributed by atoms with Crippen LogP contribution in [0.4, 0.5) is 10.5 Å². The standard InChI is InChI=1S/C16H28N4O2/c1-11(21)7-16(5,6)10-19-14(22)20-12-8-17-13(18-9-12)15(2,3)4/h8-9,11,21H,7,10H2,1-6H3,(H2,19,20,22)/t11-/m1/s1. The Hall–Kier alpha value is -1.69. The third kappa shape index (κ3) is 6.39. The lowest BCUT2D eigenvalue weighted by atomic mass is 9.87. The van der Waals surface area contributed by atoms with Gasteiger partial charge in [0.2, 0.25) is 0 Å². The normalized spacial score (nSPS) is 13.6. The van der Waals surface area contributed by atoms with Crippen LogP contribution in [0.1, 0.15) is 53.8 Å². The van der Waals surface area contributed by atoms with Crippen molar-refractivity contribution in [2.75, 3.05) is 11.9 Å². The Morgan fingerprint density at radius 2 is 1.77 bits per heavy atom. The molecule has 3 N–H and O–H groups in total. The summed E-state index contributed by atoms with van der Waals surface area (Å²) in [5.41, 5.74) is 0.267. The highest BCUT2D eigenvalue weighted by atomic mass is 16.3. The maximum Gasteiger partial charge on any atom is 0.319 e. The van der Waals surface area contributed by atoms with Crippen molar-refractivity contribution in [2.24, 2.45) is 5.41 Å². The van der Waals surface area contributed by atoms with Crippen LogP contribution in [-0.4, -0.2) is 33.8 Å². The molecule has 0 saturated heterocycles. The lowest BCUT2D eigenvalue weighted by Crippen LogP contribution is -2.38. The molecule has 0 aliphatic heterocycles. The lowest BCUT2D eigenvalue weighted by Gasteiger charge is -2.26. The van der Waals surface area contributed by atoms with Crippen LogP contribution >= 0.6 is 0 Å². The Labute approximate surface area is 132 Å². The van der Waals surface area contributed by atoms with Crippen LogP contribution in [0.15, 0.2) is 12.4 Å². The fourth-order valence-corrected chi connectivity index (χ4v) is 2.15. The van der Waals surface area contributed by atoms with Crippen LogP contribution in [0.5, 0.6) is 0 Å². The molecule has 22 heavy (non-hydrogen) atoms. The summed E-state index contributed by atoms with van der Waals surface area (Å²) in [5.74, 6) is 0.733. The number of carbonyl (C=O) groups excluding carboxylic acids is 1. The smallest absolute Gasteiger partial charge is 0.319 e. The molecule has 124 valence electrons. The zero-order valence-corrected chi connectivity index (χ0v) is 14.4. The maximum absolute atomic E-state index is 11.9. The minimum Gasteiger partial charge on any atom is -0.393 e. The van der Waals surface area contributed by atoms with E-state index < -0.39 is 6.10 Å². The van der Waals surface area contributed by atoms with E-state index in [4.69, 9.17) is 0 Å². The van der Waals surface area contributed by atoms with Crippen LogP contribution in [0.3, 0.4) is 0 Å². The van der Waals surface area contributed by atoms with E-state index in [0.717, 1.165) is 5.82 Å². The fraction of sp³-hybridized carbons (Fsp3) is 0.688. The first kappa shape index (κ1) is 18.4. The van der Waals surface area contributed by atoms with Gasteiger partial charge in [0.1, 0.15) is 5.82 Å². The highest BCUT2D eigenvalue weighted by Gasteiger charge is 2.21.